The molecule has 1 unspecified atom stereocenters. The zero-order valence-electron chi connectivity index (χ0n) is 13.5. The molecule has 0 aromatic heterocycles. The average Bonchev–Trinajstić information content (AvgIpc) is 2.24. The van der Waals surface area contributed by atoms with Crippen LogP contribution < -0.4 is 5.32 Å². The van der Waals surface area contributed by atoms with Crippen molar-refractivity contribution in [2.45, 2.75) is 66.0 Å². The third-order valence-corrected chi connectivity index (χ3v) is 5.13. The fourth-order valence-electron chi connectivity index (χ4n) is 4.23. The predicted octanol–water partition coefficient (Wildman–Crippen LogP) is 5.70. The highest BCUT2D eigenvalue weighted by Gasteiger charge is 2.38. The van der Waals surface area contributed by atoms with Gasteiger partial charge in [-0.05, 0) is 48.6 Å². The van der Waals surface area contributed by atoms with E-state index in [-0.39, 0.29) is 0 Å². The Balaban J connectivity index is 2.08. The topological polar surface area (TPSA) is 12.0 Å². The summed E-state index contributed by atoms with van der Waals surface area (Å²) < 4.78 is 1.20. The summed E-state index contributed by atoms with van der Waals surface area (Å²) in [6.07, 6.45) is 3.86. The van der Waals surface area contributed by atoms with E-state index in [0.29, 0.717) is 22.9 Å². The summed E-state index contributed by atoms with van der Waals surface area (Å²) in [6, 6.07) is 9.53. The van der Waals surface area contributed by atoms with Crippen LogP contribution in [0.2, 0.25) is 0 Å². The molecule has 0 bridgehead atoms. The molecule has 2 heteroatoms. The predicted molar refractivity (Wildman–Crippen MR) is 90.9 cm³/mol. The highest BCUT2D eigenvalue weighted by atomic mass is 79.9. The molecule has 0 aliphatic heterocycles. The Hall–Kier alpha value is -0.340. The first-order valence-electron chi connectivity index (χ1n) is 7.69. The Morgan fingerprint density at radius 2 is 1.65 bits per heavy atom. The zero-order chi connectivity index (χ0) is 15.0. The Morgan fingerprint density at radius 1 is 1.10 bits per heavy atom. The molecule has 2 rings (SSSR count). The fourth-order valence-corrected chi connectivity index (χ4v) is 4.86. The number of halogens is 1. The summed E-state index contributed by atoms with van der Waals surface area (Å²) in [6.45, 7) is 11.9. The second kappa shape index (κ2) is 5.81. The Morgan fingerprint density at radius 3 is 2.20 bits per heavy atom. The summed E-state index contributed by atoms with van der Waals surface area (Å²) in [5.74, 6) is 0. The fraction of sp³-hybridized carbons (Fsp3) is 0.667. The molecule has 1 aliphatic rings. The standard InChI is InChI=1S/C18H28BrN/c1-13(15-8-6-7-9-16(15)19)20-14-10-17(2,3)12-18(4,5)11-14/h6-9,13-14,20H,10-12H2,1-5H3. The molecule has 1 aromatic rings. The summed E-state index contributed by atoms with van der Waals surface area (Å²) in [7, 11) is 0. The summed E-state index contributed by atoms with van der Waals surface area (Å²) in [5.41, 5.74) is 2.23. The Labute approximate surface area is 132 Å². The molecule has 1 aliphatic carbocycles. The van der Waals surface area contributed by atoms with Gasteiger partial charge < -0.3 is 5.32 Å². The number of benzene rings is 1. The maximum atomic E-state index is 3.86. The van der Waals surface area contributed by atoms with Crippen molar-refractivity contribution in [2.75, 3.05) is 0 Å². The van der Waals surface area contributed by atoms with Crippen LogP contribution in [-0.2, 0) is 0 Å². The van der Waals surface area contributed by atoms with Gasteiger partial charge in [0, 0.05) is 16.6 Å². The van der Waals surface area contributed by atoms with Gasteiger partial charge in [-0.15, -0.1) is 0 Å². The van der Waals surface area contributed by atoms with Crippen LogP contribution in [0.5, 0.6) is 0 Å². The van der Waals surface area contributed by atoms with E-state index in [1.807, 2.05) is 0 Å². The van der Waals surface area contributed by atoms with Crippen LogP contribution in [0.3, 0.4) is 0 Å². The minimum atomic E-state index is 0.389. The molecule has 1 nitrogen and oxygen atoms in total. The van der Waals surface area contributed by atoms with Gasteiger partial charge in [-0.3, -0.25) is 0 Å². The van der Waals surface area contributed by atoms with Gasteiger partial charge in [0.25, 0.3) is 0 Å². The molecule has 1 fully saturated rings. The van der Waals surface area contributed by atoms with Crippen LogP contribution >= 0.6 is 15.9 Å². The van der Waals surface area contributed by atoms with Crippen molar-refractivity contribution < 1.29 is 0 Å². The molecule has 0 spiro atoms. The Kier molecular flexibility index (Phi) is 4.66. The lowest BCUT2D eigenvalue weighted by Crippen LogP contribution is -2.44. The van der Waals surface area contributed by atoms with Crippen molar-refractivity contribution in [1.82, 2.24) is 5.32 Å². The molecule has 1 atom stereocenters. The highest BCUT2D eigenvalue weighted by molar-refractivity contribution is 9.10. The van der Waals surface area contributed by atoms with Gasteiger partial charge in [-0.1, -0.05) is 61.8 Å². The zero-order valence-corrected chi connectivity index (χ0v) is 15.0. The van der Waals surface area contributed by atoms with Crippen molar-refractivity contribution in [3.8, 4) is 0 Å². The lowest BCUT2D eigenvalue weighted by Gasteiger charge is -2.46. The lowest BCUT2D eigenvalue weighted by molar-refractivity contribution is 0.0811. The van der Waals surface area contributed by atoms with Gasteiger partial charge in [0.15, 0.2) is 0 Å². The van der Waals surface area contributed by atoms with Crippen LogP contribution in [0.1, 0.15) is 65.5 Å². The van der Waals surface area contributed by atoms with Gasteiger partial charge in [0.05, 0.1) is 0 Å². The van der Waals surface area contributed by atoms with E-state index >= 15 is 0 Å². The first-order chi connectivity index (χ1) is 9.19. The van der Waals surface area contributed by atoms with Gasteiger partial charge >= 0.3 is 0 Å². The molecule has 0 amide bonds. The molecule has 0 radical (unpaired) electrons. The number of hydrogen-bond donors (Lipinski definition) is 1. The normalized spacial score (nSPS) is 23.5. The van der Waals surface area contributed by atoms with Crippen LogP contribution in [0.4, 0.5) is 0 Å². The highest BCUT2D eigenvalue weighted by Crippen LogP contribution is 2.46. The second-order valence-electron chi connectivity index (χ2n) is 8.02. The van der Waals surface area contributed by atoms with Gasteiger partial charge in [-0.25, -0.2) is 0 Å². The molecule has 20 heavy (non-hydrogen) atoms. The maximum absolute atomic E-state index is 3.86. The first-order valence-corrected chi connectivity index (χ1v) is 8.48. The summed E-state index contributed by atoms with van der Waals surface area (Å²) in [5, 5.41) is 3.86. The monoisotopic (exact) mass is 337 g/mol. The number of rotatable bonds is 3. The van der Waals surface area contributed by atoms with E-state index in [2.05, 4.69) is 80.1 Å². The molecule has 0 heterocycles. The molecular formula is C18H28BrN. The number of hydrogen-bond acceptors (Lipinski definition) is 1. The molecule has 1 aromatic carbocycles. The Bertz CT molecular complexity index is 448. The van der Waals surface area contributed by atoms with Crippen molar-refractivity contribution in [3.63, 3.8) is 0 Å². The molecule has 1 saturated carbocycles. The average molecular weight is 338 g/mol. The van der Waals surface area contributed by atoms with Crippen molar-refractivity contribution >= 4 is 15.9 Å². The van der Waals surface area contributed by atoms with Crippen molar-refractivity contribution in [3.05, 3.63) is 34.3 Å². The summed E-state index contributed by atoms with van der Waals surface area (Å²) >= 11 is 3.67. The van der Waals surface area contributed by atoms with Crippen LogP contribution in [0.25, 0.3) is 0 Å². The third-order valence-electron chi connectivity index (χ3n) is 4.41. The molecular weight excluding hydrogens is 310 g/mol. The van der Waals surface area contributed by atoms with E-state index in [0.717, 1.165) is 0 Å². The SMILES string of the molecule is CC(NC1CC(C)(C)CC(C)(C)C1)c1ccccc1Br. The third kappa shape index (κ3) is 4.08. The van der Waals surface area contributed by atoms with E-state index in [1.165, 1.54) is 29.3 Å². The maximum Gasteiger partial charge on any atom is 0.0305 e. The van der Waals surface area contributed by atoms with E-state index < -0.39 is 0 Å². The van der Waals surface area contributed by atoms with Crippen LogP contribution in [0, 0.1) is 10.8 Å². The molecule has 0 saturated heterocycles. The van der Waals surface area contributed by atoms with E-state index in [9.17, 15) is 0 Å². The first kappa shape index (κ1) is 16.0. The summed E-state index contributed by atoms with van der Waals surface area (Å²) in [4.78, 5) is 0. The quantitative estimate of drug-likeness (QED) is 0.745. The van der Waals surface area contributed by atoms with Crippen LogP contribution in [0.15, 0.2) is 28.7 Å². The minimum Gasteiger partial charge on any atom is -0.307 e. The van der Waals surface area contributed by atoms with E-state index in [4.69, 9.17) is 0 Å². The molecule has 1 N–H and O–H groups in total. The van der Waals surface area contributed by atoms with Gasteiger partial charge in [0.2, 0.25) is 0 Å². The minimum absolute atomic E-state index is 0.389. The lowest BCUT2D eigenvalue weighted by atomic mass is 9.63. The smallest absolute Gasteiger partial charge is 0.0305 e. The largest absolute Gasteiger partial charge is 0.307 e. The molecule has 112 valence electrons. The van der Waals surface area contributed by atoms with Gasteiger partial charge in [-0.2, -0.15) is 0 Å². The van der Waals surface area contributed by atoms with Crippen molar-refractivity contribution in [2.24, 2.45) is 10.8 Å². The van der Waals surface area contributed by atoms with Crippen molar-refractivity contribution in [1.29, 1.82) is 0 Å². The van der Waals surface area contributed by atoms with E-state index in [1.54, 1.807) is 0 Å². The van der Waals surface area contributed by atoms with Crippen LogP contribution in [-0.4, -0.2) is 6.04 Å². The second-order valence-corrected chi connectivity index (χ2v) is 8.87. The van der Waals surface area contributed by atoms with Gasteiger partial charge in [0.1, 0.15) is 0 Å². The number of nitrogens with one attached hydrogen (secondary N) is 1.